The van der Waals surface area contributed by atoms with Crippen molar-refractivity contribution in [1.29, 1.82) is 0 Å². The van der Waals surface area contributed by atoms with Crippen LogP contribution in [0.3, 0.4) is 0 Å². The predicted molar refractivity (Wildman–Crippen MR) is 65.3 cm³/mol. The van der Waals surface area contributed by atoms with E-state index in [2.05, 4.69) is 37.9 Å². The van der Waals surface area contributed by atoms with Gasteiger partial charge in [0.25, 0.3) is 0 Å². The third kappa shape index (κ3) is 2.34. The highest BCUT2D eigenvalue weighted by Crippen LogP contribution is 2.09. The molecule has 0 unspecified atom stereocenters. The third-order valence-corrected chi connectivity index (χ3v) is 5.10. The summed E-state index contributed by atoms with van der Waals surface area (Å²) < 4.78 is 5.85. The topological polar surface area (TPSA) is 9.23 Å². The summed E-state index contributed by atoms with van der Waals surface area (Å²) in [7, 11) is -1.72. The molecule has 0 saturated heterocycles. The van der Waals surface area contributed by atoms with Crippen LogP contribution in [0.5, 0.6) is 0 Å². The van der Waals surface area contributed by atoms with Crippen LogP contribution in [0.4, 0.5) is 0 Å². The maximum Gasteiger partial charge on any atom is 0.218 e. The Morgan fingerprint density at radius 3 is 2.57 bits per heavy atom. The first-order valence-corrected chi connectivity index (χ1v) is 7.88. The molecule has 0 saturated carbocycles. The maximum absolute atomic E-state index is 5.85. The van der Waals surface area contributed by atoms with Crippen LogP contribution in [0.1, 0.15) is 12.5 Å². The lowest BCUT2D eigenvalue weighted by Gasteiger charge is -2.24. The summed E-state index contributed by atoms with van der Waals surface area (Å²) in [6.07, 6.45) is 1.91. The van der Waals surface area contributed by atoms with Gasteiger partial charge in [0.1, 0.15) is 0 Å². The molecule has 14 heavy (non-hydrogen) atoms. The van der Waals surface area contributed by atoms with Crippen LogP contribution in [0.15, 0.2) is 30.8 Å². The molecular formula is C12H18OSi. The third-order valence-electron chi connectivity index (χ3n) is 2.33. The van der Waals surface area contributed by atoms with Gasteiger partial charge in [0.05, 0.1) is 0 Å². The minimum absolute atomic E-state index is 0.782. The van der Waals surface area contributed by atoms with Crippen molar-refractivity contribution in [3.05, 3.63) is 36.4 Å². The Morgan fingerprint density at radius 1 is 1.36 bits per heavy atom. The summed E-state index contributed by atoms with van der Waals surface area (Å²) in [5.74, 6) is 0. The lowest BCUT2D eigenvalue weighted by atomic mass is 10.2. The maximum atomic E-state index is 5.85. The molecule has 1 rings (SSSR count). The Balaban J connectivity index is 3.10. The average Bonchev–Trinajstić information content (AvgIpc) is 2.18. The van der Waals surface area contributed by atoms with Crippen LogP contribution in [0.2, 0.25) is 13.1 Å². The summed E-state index contributed by atoms with van der Waals surface area (Å²) in [5.41, 5.74) is 1.21. The Bertz CT molecular complexity index is 318. The van der Waals surface area contributed by atoms with Gasteiger partial charge in [0, 0.05) is 6.61 Å². The van der Waals surface area contributed by atoms with Gasteiger partial charge in [-0.15, -0.1) is 0 Å². The number of hydrogen-bond acceptors (Lipinski definition) is 1. The van der Waals surface area contributed by atoms with Crippen molar-refractivity contribution in [1.82, 2.24) is 0 Å². The van der Waals surface area contributed by atoms with E-state index in [9.17, 15) is 0 Å². The molecule has 0 aliphatic heterocycles. The first-order valence-electron chi connectivity index (χ1n) is 4.97. The van der Waals surface area contributed by atoms with Gasteiger partial charge in [-0.25, -0.2) is 0 Å². The van der Waals surface area contributed by atoms with E-state index >= 15 is 0 Å². The smallest absolute Gasteiger partial charge is 0.218 e. The first-order chi connectivity index (χ1) is 6.61. The predicted octanol–water partition coefficient (Wildman–Crippen LogP) is 2.78. The van der Waals surface area contributed by atoms with Crippen LogP contribution in [0.25, 0.3) is 6.08 Å². The zero-order valence-electron chi connectivity index (χ0n) is 9.21. The Morgan fingerprint density at radius 2 is 2.00 bits per heavy atom. The zero-order chi connectivity index (χ0) is 10.6. The fourth-order valence-electron chi connectivity index (χ4n) is 1.66. The molecule has 0 N–H and O–H groups in total. The van der Waals surface area contributed by atoms with E-state index in [1.807, 2.05) is 19.1 Å². The largest absolute Gasteiger partial charge is 0.413 e. The molecule has 0 atom stereocenters. The molecule has 1 nitrogen and oxygen atoms in total. The van der Waals surface area contributed by atoms with E-state index in [4.69, 9.17) is 4.43 Å². The van der Waals surface area contributed by atoms with Gasteiger partial charge in [-0.05, 0) is 30.8 Å². The SMILES string of the molecule is C=Cc1ccccc1[Si](C)(C)OCC. The van der Waals surface area contributed by atoms with Crippen LogP contribution in [0, 0.1) is 0 Å². The van der Waals surface area contributed by atoms with Crippen molar-refractivity contribution in [2.45, 2.75) is 20.0 Å². The molecule has 0 aromatic heterocycles. The minimum atomic E-state index is -1.72. The normalized spacial score (nSPS) is 11.4. The molecule has 1 aromatic carbocycles. The van der Waals surface area contributed by atoms with E-state index in [1.165, 1.54) is 10.8 Å². The van der Waals surface area contributed by atoms with Crippen molar-refractivity contribution in [2.75, 3.05) is 6.61 Å². The monoisotopic (exact) mass is 206 g/mol. The molecule has 0 fully saturated rings. The van der Waals surface area contributed by atoms with Gasteiger partial charge in [0.2, 0.25) is 8.32 Å². The van der Waals surface area contributed by atoms with Gasteiger partial charge in [-0.3, -0.25) is 0 Å². The second kappa shape index (κ2) is 4.58. The Labute approximate surface area is 87.5 Å². The molecular weight excluding hydrogens is 188 g/mol. The molecule has 2 heteroatoms. The van der Waals surface area contributed by atoms with Crippen molar-refractivity contribution in [2.24, 2.45) is 0 Å². The van der Waals surface area contributed by atoms with Crippen molar-refractivity contribution < 1.29 is 4.43 Å². The molecule has 0 aliphatic rings. The number of benzene rings is 1. The van der Waals surface area contributed by atoms with E-state index in [0.29, 0.717) is 0 Å². The summed E-state index contributed by atoms with van der Waals surface area (Å²) in [6, 6.07) is 8.35. The van der Waals surface area contributed by atoms with E-state index < -0.39 is 8.32 Å². The number of hydrogen-bond donors (Lipinski definition) is 0. The molecule has 76 valence electrons. The van der Waals surface area contributed by atoms with Crippen LogP contribution in [-0.2, 0) is 4.43 Å². The molecule has 0 amide bonds. The Kier molecular flexibility index (Phi) is 3.67. The minimum Gasteiger partial charge on any atom is -0.413 e. The van der Waals surface area contributed by atoms with Crippen molar-refractivity contribution in [3.63, 3.8) is 0 Å². The molecule has 0 heterocycles. The fraction of sp³-hybridized carbons (Fsp3) is 0.333. The van der Waals surface area contributed by atoms with Crippen LogP contribution >= 0.6 is 0 Å². The second-order valence-corrected chi connectivity index (χ2v) is 7.58. The lowest BCUT2D eigenvalue weighted by molar-refractivity contribution is 0.339. The Hall–Kier alpha value is -0.863. The highest BCUT2D eigenvalue weighted by atomic mass is 28.4. The van der Waals surface area contributed by atoms with Crippen molar-refractivity contribution in [3.8, 4) is 0 Å². The van der Waals surface area contributed by atoms with Gasteiger partial charge in [0.15, 0.2) is 0 Å². The highest BCUT2D eigenvalue weighted by molar-refractivity contribution is 6.84. The van der Waals surface area contributed by atoms with Crippen LogP contribution in [-0.4, -0.2) is 14.9 Å². The second-order valence-electron chi connectivity index (χ2n) is 3.73. The summed E-state index contributed by atoms with van der Waals surface area (Å²) in [6.45, 7) is 11.1. The standard InChI is InChI=1S/C12H18OSi/c1-5-11-9-7-8-10-12(11)14(3,4)13-6-2/h5,7-10H,1,6H2,2-4H3. The lowest BCUT2D eigenvalue weighted by Crippen LogP contribution is -2.46. The van der Waals surface area contributed by atoms with Gasteiger partial charge in [-0.1, -0.05) is 36.9 Å². The quantitative estimate of drug-likeness (QED) is 0.688. The molecule has 0 aliphatic carbocycles. The van der Waals surface area contributed by atoms with E-state index in [0.717, 1.165) is 6.61 Å². The van der Waals surface area contributed by atoms with Crippen LogP contribution < -0.4 is 5.19 Å². The van der Waals surface area contributed by atoms with E-state index in [-0.39, 0.29) is 0 Å². The molecule has 0 spiro atoms. The van der Waals surface area contributed by atoms with Gasteiger partial charge >= 0.3 is 0 Å². The summed E-state index contributed by atoms with van der Waals surface area (Å²) in [5, 5.41) is 1.33. The number of rotatable bonds is 4. The zero-order valence-corrected chi connectivity index (χ0v) is 10.2. The highest BCUT2D eigenvalue weighted by Gasteiger charge is 2.26. The summed E-state index contributed by atoms with van der Waals surface area (Å²) in [4.78, 5) is 0. The van der Waals surface area contributed by atoms with Gasteiger partial charge in [-0.2, -0.15) is 0 Å². The summed E-state index contributed by atoms with van der Waals surface area (Å²) >= 11 is 0. The van der Waals surface area contributed by atoms with Crippen molar-refractivity contribution >= 4 is 19.6 Å². The van der Waals surface area contributed by atoms with E-state index in [1.54, 1.807) is 0 Å². The molecule has 0 radical (unpaired) electrons. The fourth-order valence-corrected chi connectivity index (χ4v) is 3.92. The molecule has 1 aromatic rings. The van der Waals surface area contributed by atoms with Gasteiger partial charge < -0.3 is 4.43 Å². The first kappa shape index (κ1) is 11.2. The molecule has 0 bridgehead atoms. The average molecular weight is 206 g/mol.